The predicted molar refractivity (Wildman–Crippen MR) is 223 cm³/mol. The lowest BCUT2D eigenvalue weighted by Crippen LogP contribution is -2.29. The zero-order valence-corrected chi connectivity index (χ0v) is 36.5. The first-order valence-electron chi connectivity index (χ1n) is 22.7. The van der Waals surface area contributed by atoms with Gasteiger partial charge < -0.3 is 34.6 Å². The van der Waals surface area contributed by atoms with Crippen molar-refractivity contribution < 1.29 is 58.1 Å². The number of rotatable bonds is 38. The summed E-state index contributed by atoms with van der Waals surface area (Å²) in [5.74, 6) is -2.18. The Labute approximate surface area is 344 Å². The van der Waals surface area contributed by atoms with E-state index in [1.807, 2.05) is 0 Å². The van der Waals surface area contributed by atoms with Crippen LogP contribution in [-0.4, -0.2) is 80.5 Å². The van der Waals surface area contributed by atoms with Crippen LogP contribution >= 0.6 is 7.82 Å². The van der Waals surface area contributed by atoms with Gasteiger partial charge in [-0.3, -0.25) is 18.9 Å². The molecule has 1 fully saturated rings. The third kappa shape index (κ3) is 30.1. The number of aliphatic hydroxyl groups is 3. The van der Waals surface area contributed by atoms with Crippen molar-refractivity contribution >= 4 is 25.5 Å². The second kappa shape index (κ2) is 34.1. The molecule has 0 aromatic heterocycles. The Morgan fingerprint density at radius 3 is 1.67 bits per heavy atom. The van der Waals surface area contributed by atoms with Gasteiger partial charge in [0, 0.05) is 43.9 Å². The number of ketones is 1. The van der Waals surface area contributed by atoms with Crippen LogP contribution in [0, 0.1) is 11.8 Å². The van der Waals surface area contributed by atoms with Gasteiger partial charge in [-0.2, -0.15) is 0 Å². The Kier molecular flexibility index (Phi) is 31.9. The minimum absolute atomic E-state index is 0.0657. The summed E-state index contributed by atoms with van der Waals surface area (Å²) in [5, 5.41) is 31.2. The maximum Gasteiger partial charge on any atom is 0.469 e. The summed E-state index contributed by atoms with van der Waals surface area (Å²) >= 11 is 0. The number of esters is 2. The first-order valence-corrected chi connectivity index (χ1v) is 24.2. The molecule has 0 bridgehead atoms. The van der Waals surface area contributed by atoms with E-state index < -0.39 is 69.2 Å². The van der Waals surface area contributed by atoms with Gasteiger partial charge in [-0.25, -0.2) is 4.57 Å². The topological polar surface area (TPSA) is 197 Å². The van der Waals surface area contributed by atoms with Gasteiger partial charge in [0.15, 0.2) is 6.10 Å². The number of Topliss-reactive ketones (excluding diaryl/α,β-unsaturated/α-hetero) is 1. The van der Waals surface area contributed by atoms with E-state index >= 15 is 0 Å². The fourth-order valence-electron chi connectivity index (χ4n) is 7.55. The highest BCUT2D eigenvalue weighted by atomic mass is 31.2. The van der Waals surface area contributed by atoms with Crippen LogP contribution in [0.15, 0.2) is 12.2 Å². The summed E-state index contributed by atoms with van der Waals surface area (Å²) < 4.78 is 26.4. The number of carbonyl (C=O) groups is 3. The molecule has 1 aliphatic carbocycles. The van der Waals surface area contributed by atoms with Gasteiger partial charge in [-0.15, -0.1) is 0 Å². The molecular formula is C44H81O12P. The van der Waals surface area contributed by atoms with Crippen molar-refractivity contribution in [3.8, 4) is 0 Å². The number of phosphoric ester groups is 1. The maximum atomic E-state index is 12.8. The highest BCUT2D eigenvalue weighted by Crippen LogP contribution is 2.37. The Balaban J connectivity index is 2.26. The van der Waals surface area contributed by atoms with Gasteiger partial charge in [0.2, 0.25) is 0 Å². The highest BCUT2D eigenvalue weighted by molar-refractivity contribution is 7.46. The third-order valence-electron chi connectivity index (χ3n) is 11.0. The third-order valence-corrected chi connectivity index (χ3v) is 11.5. The molecule has 334 valence electrons. The number of phosphoric acid groups is 1. The summed E-state index contributed by atoms with van der Waals surface area (Å²) in [6.07, 6.45) is 27.1. The molecule has 1 rings (SSSR count). The fraction of sp³-hybridized carbons (Fsp3) is 0.886. The summed E-state index contributed by atoms with van der Waals surface area (Å²) in [6.45, 7) is 3.29. The molecule has 0 aromatic carbocycles. The minimum atomic E-state index is -4.86. The molecule has 1 aliphatic rings. The van der Waals surface area contributed by atoms with Crippen molar-refractivity contribution in [2.45, 2.75) is 224 Å². The molecular weight excluding hydrogens is 751 g/mol. The molecule has 57 heavy (non-hydrogen) atoms. The monoisotopic (exact) mass is 833 g/mol. The lowest BCUT2D eigenvalue weighted by molar-refractivity contribution is -0.161. The summed E-state index contributed by atoms with van der Waals surface area (Å²) in [6, 6.07) is 0. The van der Waals surface area contributed by atoms with E-state index in [0.717, 1.165) is 38.5 Å². The van der Waals surface area contributed by atoms with Gasteiger partial charge in [0.25, 0.3) is 0 Å². The quantitative estimate of drug-likeness (QED) is 0.0171. The zero-order valence-electron chi connectivity index (χ0n) is 35.6. The summed E-state index contributed by atoms with van der Waals surface area (Å²) in [4.78, 5) is 55.9. The zero-order chi connectivity index (χ0) is 42.2. The molecule has 0 unspecified atom stereocenters. The molecule has 0 spiro atoms. The average Bonchev–Trinajstić information content (AvgIpc) is 3.43. The molecule has 12 nitrogen and oxygen atoms in total. The van der Waals surface area contributed by atoms with Crippen LogP contribution in [0.3, 0.4) is 0 Å². The number of unbranched alkanes of at least 4 members (excludes halogenated alkanes) is 20. The molecule has 0 aromatic rings. The van der Waals surface area contributed by atoms with E-state index in [0.29, 0.717) is 25.7 Å². The standard InChI is InChI=1S/C44H81O12P/c1-3-5-7-8-9-10-11-12-13-14-15-16-17-18-19-20-21-23-28-43(49)54-34-38(35-55-57(51,52)53)56-44(50)29-25-24-27-37(46)32-40-39(41(47)33-42(40)48)31-30-36(45)26-22-6-4-2/h30-31,36,38-42,45,47-48H,3-29,32-35H2,1-2H3,(H2,51,52,53)/b31-30+/t36-,38+,39+,40+,41+,42-/m0/s1. The Morgan fingerprint density at radius 1 is 0.649 bits per heavy atom. The van der Waals surface area contributed by atoms with Gasteiger partial charge in [0.1, 0.15) is 12.4 Å². The van der Waals surface area contributed by atoms with Crippen molar-refractivity contribution in [3.63, 3.8) is 0 Å². The normalized spacial score (nSPS) is 19.6. The molecule has 0 radical (unpaired) electrons. The van der Waals surface area contributed by atoms with Crippen molar-refractivity contribution in [2.75, 3.05) is 13.2 Å². The number of ether oxygens (including phenoxy) is 2. The molecule has 6 atom stereocenters. The van der Waals surface area contributed by atoms with Crippen LogP contribution < -0.4 is 0 Å². The average molecular weight is 833 g/mol. The molecule has 0 amide bonds. The second-order valence-electron chi connectivity index (χ2n) is 16.4. The Morgan fingerprint density at radius 2 is 1.12 bits per heavy atom. The van der Waals surface area contributed by atoms with E-state index in [-0.39, 0.29) is 37.9 Å². The molecule has 0 aliphatic heterocycles. The SMILES string of the molecule is CCCCCCCCCCCCCCCCCCCCC(=O)OC[C@H](COP(=O)(O)O)OC(=O)CCCCC(=O)C[C@@H]1[C@@H](/C=C/[C@@H](O)CCCCC)[C@H](O)C[C@@H]1O. The minimum Gasteiger partial charge on any atom is -0.462 e. The second-order valence-corrected chi connectivity index (χ2v) is 17.6. The molecule has 0 heterocycles. The number of carbonyl (C=O) groups excluding carboxylic acids is 3. The van der Waals surface area contributed by atoms with Crippen LogP contribution in [0.5, 0.6) is 0 Å². The number of hydrogen-bond acceptors (Lipinski definition) is 10. The number of aliphatic hydroxyl groups excluding tert-OH is 3. The Bertz CT molecular complexity index is 1110. The lowest BCUT2D eigenvalue weighted by atomic mass is 9.87. The first-order chi connectivity index (χ1) is 27.4. The van der Waals surface area contributed by atoms with Crippen LogP contribution in [-0.2, 0) is 32.9 Å². The van der Waals surface area contributed by atoms with Crippen LogP contribution in [0.1, 0.15) is 200 Å². The summed E-state index contributed by atoms with van der Waals surface area (Å²) in [5.41, 5.74) is 0. The lowest BCUT2D eigenvalue weighted by Gasteiger charge is -2.20. The van der Waals surface area contributed by atoms with Crippen molar-refractivity contribution in [2.24, 2.45) is 11.8 Å². The van der Waals surface area contributed by atoms with Crippen molar-refractivity contribution in [1.29, 1.82) is 0 Å². The van der Waals surface area contributed by atoms with Gasteiger partial charge in [-0.05, 0) is 25.7 Å². The van der Waals surface area contributed by atoms with E-state index in [2.05, 4.69) is 18.4 Å². The smallest absolute Gasteiger partial charge is 0.462 e. The molecule has 13 heteroatoms. The van der Waals surface area contributed by atoms with E-state index in [9.17, 15) is 34.3 Å². The molecule has 5 N–H and O–H groups in total. The predicted octanol–water partition coefficient (Wildman–Crippen LogP) is 9.36. The highest BCUT2D eigenvalue weighted by Gasteiger charge is 2.41. The fourth-order valence-corrected chi connectivity index (χ4v) is 7.91. The summed E-state index contributed by atoms with van der Waals surface area (Å²) in [7, 11) is -4.86. The van der Waals surface area contributed by atoms with E-state index in [1.54, 1.807) is 12.2 Å². The molecule has 0 saturated heterocycles. The van der Waals surface area contributed by atoms with Crippen LogP contribution in [0.2, 0.25) is 0 Å². The van der Waals surface area contributed by atoms with Gasteiger partial charge in [0.05, 0.1) is 24.9 Å². The van der Waals surface area contributed by atoms with E-state index in [1.165, 1.54) is 89.9 Å². The van der Waals surface area contributed by atoms with E-state index in [4.69, 9.17) is 19.3 Å². The van der Waals surface area contributed by atoms with Gasteiger partial charge in [-0.1, -0.05) is 154 Å². The maximum absolute atomic E-state index is 12.8. The van der Waals surface area contributed by atoms with Crippen LogP contribution in [0.25, 0.3) is 0 Å². The first kappa shape index (κ1) is 53.4. The largest absolute Gasteiger partial charge is 0.469 e. The van der Waals surface area contributed by atoms with Crippen molar-refractivity contribution in [3.05, 3.63) is 12.2 Å². The van der Waals surface area contributed by atoms with Gasteiger partial charge >= 0.3 is 19.8 Å². The van der Waals surface area contributed by atoms with Crippen LogP contribution in [0.4, 0.5) is 0 Å². The Hall–Kier alpha value is -1.66. The van der Waals surface area contributed by atoms with Crippen molar-refractivity contribution in [1.82, 2.24) is 0 Å². The molecule has 1 saturated carbocycles. The number of hydrogen-bond donors (Lipinski definition) is 5.